The zero-order valence-electron chi connectivity index (χ0n) is 11.4. The van der Waals surface area contributed by atoms with Gasteiger partial charge in [-0.2, -0.15) is 4.39 Å². The Morgan fingerprint density at radius 3 is 2.64 bits per heavy atom. The summed E-state index contributed by atoms with van der Waals surface area (Å²) in [5.41, 5.74) is 3.07. The summed E-state index contributed by atoms with van der Waals surface area (Å²) in [5, 5.41) is 10.0. The van der Waals surface area contributed by atoms with Crippen LogP contribution in [0.2, 0.25) is 5.02 Å². The molecule has 0 unspecified atom stereocenters. The number of hydrogen-bond donors (Lipinski definition) is 1. The highest BCUT2D eigenvalue weighted by Gasteiger charge is 2.28. The first-order valence-corrected chi connectivity index (χ1v) is 6.42. The molecule has 0 saturated heterocycles. The lowest BCUT2D eigenvalue weighted by atomic mass is 10.1. The molecule has 0 aromatic heterocycles. The molecule has 0 bridgehead atoms. The number of esters is 2. The van der Waals surface area contributed by atoms with Crippen molar-refractivity contribution < 1.29 is 28.4 Å². The predicted molar refractivity (Wildman–Crippen MR) is 74.0 cm³/mol. The van der Waals surface area contributed by atoms with E-state index >= 15 is 0 Å². The lowest BCUT2D eigenvalue weighted by Gasteiger charge is -2.08. The highest BCUT2D eigenvalue weighted by molar-refractivity contribution is 6.35. The van der Waals surface area contributed by atoms with Crippen LogP contribution in [0.4, 0.5) is 15.8 Å². The molecule has 0 aliphatic rings. The Morgan fingerprint density at radius 1 is 1.45 bits per heavy atom. The van der Waals surface area contributed by atoms with Gasteiger partial charge in [0.05, 0.1) is 29.2 Å². The fourth-order valence-electron chi connectivity index (χ4n) is 1.49. The van der Waals surface area contributed by atoms with Gasteiger partial charge in [0, 0.05) is 0 Å². The molecule has 22 heavy (non-hydrogen) atoms. The number of ether oxygens (including phenoxy) is 2. The molecular formula is C12H12ClFN2O6. The molecule has 0 aliphatic heterocycles. The highest BCUT2D eigenvalue weighted by atomic mass is 35.5. The molecule has 0 radical (unpaired) electrons. The molecule has 0 atom stereocenters. The van der Waals surface area contributed by atoms with E-state index in [4.69, 9.17) is 22.1 Å². The molecule has 1 aromatic carbocycles. The van der Waals surface area contributed by atoms with E-state index in [2.05, 4.69) is 4.74 Å². The van der Waals surface area contributed by atoms with Crippen LogP contribution in [0.15, 0.2) is 6.07 Å². The Morgan fingerprint density at radius 2 is 2.09 bits per heavy atom. The highest BCUT2D eigenvalue weighted by Crippen LogP contribution is 2.34. The predicted octanol–water partition coefficient (Wildman–Crippen LogP) is 2.08. The monoisotopic (exact) mass is 334 g/mol. The summed E-state index contributed by atoms with van der Waals surface area (Å²) in [6.07, 6.45) is -0.198. The molecule has 120 valence electrons. The van der Waals surface area contributed by atoms with Crippen molar-refractivity contribution in [2.45, 2.75) is 13.3 Å². The summed E-state index contributed by atoms with van der Waals surface area (Å²) in [4.78, 5) is 32.5. The summed E-state index contributed by atoms with van der Waals surface area (Å²) in [6, 6.07) is 0.831. The van der Waals surface area contributed by atoms with Gasteiger partial charge in [0.15, 0.2) is 0 Å². The smallest absolute Gasteiger partial charge is 0.340 e. The van der Waals surface area contributed by atoms with Crippen LogP contribution < -0.4 is 5.73 Å². The lowest BCUT2D eigenvalue weighted by molar-refractivity contribution is -0.387. The molecule has 0 spiro atoms. The van der Waals surface area contributed by atoms with Gasteiger partial charge in [-0.05, 0) is 13.0 Å². The number of halogens is 2. The number of carbonyl (C=O) groups is 2. The molecule has 2 N–H and O–H groups in total. The number of carbonyl (C=O) groups excluding carboxylic acids is 2. The van der Waals surface area contributed by atoms with Gasteiger partial charge in [-0.3, -0.25) is 14.9 Å². The van der Waals surface area contributed by atoms with Crippen molar-refractivity contribution in [1.29, 1.82) is 0 Å². The Hall–Kier alpha value is -2.42. The number of nitro benzene ring substituents is 1. The van der Waals surface area contributed by atoms with E-state index in [1.54, 1.807) is 6.92 Å². The maximum atomic E-state index is 13.5. The third-order valence-corrected chi connectivity index (χ3v) is 2.84. The van der Waals surface area contributed by atoms with Crippen LogP contribution in [0.5, 0.6) is 0 Å². The van der Waals surface area contributed by atoms with Crippen molar-refractivity contribution in [2.75, 3.05) is 18.9 Å². The number of nitrogen functional groups attached to an aromatic ring is 1. The third kappa shape index (κ3) is 4.04. The van der Waals surface area contributed by atoms with Crippen molar-refractivity contribution in [3.63, 3.8) is 0 Å². The molecule has 0 aliphatic carbocycles. The van der Waals surface area contributed by atoms with Gasteiger partial charge in [0.1, 0.15) is 11.6 Å². The van der Waals surface area contributed by atoms with E-state index < -0.39 is 44.6 Å². The molecule has 1 aromatic rings. The minimum Gasteiger partial charge on any atom is -0.466 e. The van der Waals surface area contributed by atoms with Gasteiger partial charge in [-0.1, -0.05) is 11.6 Å². The Balaban J connectivity index is 2.90. The number of anilines is 1. The average molecular weight is 335 g/mol. The molecule has 0 amide bonds. The van der Waals surface area contributed by atoms with Crippen LogP contribution in [0.25, 0.3) is 0 Å². The Labute approximate surface area is 129 Å². The van der Waals surface area contributed by atoms with Gasteiger partial charge in [0.2, 0.25) is 5.82 Å². The second-order valence-corrected chi connectivity index (χ2v) is 4.32. The number of nitro groups is 1. The first-order chi connectivity index (χ1) is 10.3. The van der Waals surface area contributed by atoms with Crippen molar-refractivity contribution >= 4 is 34.9 Å². The topological polar surface area (TPSA) is 122 Å². The van der Waals surface area contributed by atoms with Crippen LogP contribution in [0.1, 0.15) is 23.7 Å². The van der Waals surface area contributed by atoms with Crippen LogP contribution in [0.3, 0.4) is 0 Å². The zero-order valence-corrected chi connectivity index (χ0v) is 12.2. The summed E-state index contributed by atoms with van der Waals surface area (Å²) < 4.78 is 22.9. The fourth-order valence-corrected chi connectivity index (χ4v) is 1.77. The number of benzene rings is 1. The number of rotatable bonds is 6. The van der Waals surface area contributed by atoms with E-state index in [0.717, 1.165) is 6.07 Å². The normalized spacial score (nSPS) is 10.1. The Bertz CT molecular complexity index is 622. The Kier molecular flexibility index (Phi) is 6.05. The van der Waals surface area contributed by atoms with Crippen LogP contribution >= 0.6 is 11.6 Å². The van der Waals surface area contributed by atoms with Crippen molar-refractivity contribution in [1.82, 2.24) is 0 Å². The van der Waals surface area contributed by atoms with E-state index in [1.807, 2.05) is 0 Å². The number of nitrogens with zero attached hydrogens (tertiary/aromatic N) is 1. The molecule has 0 saturated carbocycles. The summed E-state index contributed by atoms with van der Waals surface area (Å²) in [6.45, 7) is 1.47. The molecule has 10 heteroatoms. The minimum atomic E-state index is -1.34. The van der Waals surface area contributed by atoms with Gasteiger partial charge in [-0.15, -0.1) is 0 Å². The van der Waals surface area contributed by atoms with Gasteiger partial charge in [0.25, 0.3) is 0 Å². The van der Waals surface area contributed by atoms with Crippen molar-refractivity contribution in [3.8, 4) is 0 Å². The average Bonchev–Trinajstić information content (AvgIpc) is 2.42. The largest absolute Gasteiger partial charge is 0.466 e. The molecule has 8 nitrogen and oxygen atoms in total. The summed E-state index contributed by atoms with van der Waals surface area (Å²) in [7, 11) is 0. The second-order valence-electron chi connectivity index (χ2n) is 3.94. The summed E-state index contributed by atoms with van der Waals surface area (Å²) >= 11 is 5.64. The van der Waals surface area contributed by atoms with Crippen molar-refractivity contribution in [2.24, 2.45) is 0 Å². The standard InChI is InChI=1S/C12H12ClFN2O6/c1-2-21-8(17)3-4-22-12(18)6-5-7(15)10(14)11(9(6)13)16(19)20/h5H,2-4,15H2,1H3. The van der Waals surface area contributed by atoms with Crippen molar-refractivity contribution in [3.05, 3.63) is 32.6 Å². The van der Waals surface area contributed by atoms with E-state index in [-0.39, 0.29) is 19.6 Å². The third-order valence-electron chi connectivity index (χ3n) is 2.45. The van der Waals surface area contributed by atoms with Crippen LogP contribution in [0, 0.1) is 15.9 Å². The second kappa shape index (κ2) is 7.55. The lowest BCUT2D eigenvalue weighted by Crippen LogP contribution is -2.13. The van der Waals surface area contributed by atoms with E-state index in [9.17, 15) is 24.1 Å². The maximum Gasteiger partial charge on any atom is 0.340 e. The number of hydrogen-bond acceptors (Lipinski definition) is 7. The molecule has 1 rings (SSSR count). The van der Waals surface area contributed by atoms with Crippen LogP contribution in [-0.2, 0) is 14.3 Å². The van der Waals surface area contributed by atoms with Crippen LogP contribution in [-0.4, -0.2) is 30.1 Å². The minimum absolute atomic E-state index is 0.180. The first kappa shape index (κ1) is 17.6. The van der Waals surface area contributed by atoms with E-state index in [0.29, 0.717) is 0 Å². The molecule has 0 fully saturated rings. The van der Waals surface area contributed by atoms with Gasteiger partial charge >= 0.3 is 17.6 Å². The zero-order chi connectivity index (χ0) is 16.9. The maximum absolute atomic E-state index is 13.5. The summed E-state index contributed by atoms with van der Waals surface area (Å²) in [5.74, 6) is -2.98. The number of nitrogens with two attached hydrogens (primary N) is 1. The molecular weight excluding hydrogens is 323 g/mol. The quantitative estimate of drug-likeness (QED) is 0.365. The van der Waals surface area contributed by atoms with Gasteiger partial charge < -0.3 is 15.2 Å². The van der Waals surface area contributed by atoms with E-state index in [1.165, 1.54) is 0 Å². The van der Waals surface area contributed by atoms with Gasteiger partial charge in [-0.25, -0.2) is 4.79 Å². The first-order valence-electron chi connectivity index (χ1n) is 6.04. The SMILES string of the molecule is CCOC(=O)CCOC(=O)c1cc(N)c(F)c([N+](=O)[O-])c1Cl. The fraction of sp³-hybridized carbons (Fsp3) is 0.333. The molecule has 0 heterocycles.